The van der Waals surface area contributed by atoms with Gasteiger partial charge < -0.3 is 4.90 Å². The van der Waals surface area contributed by atoms with Crippen LogP contribution >= 0.6 is 11.3 Å². The molecule has 280 valence electrons. The van der Waals surface area contributed by atoms with Gasteiger partial charge in [0.05, 0.1) is 5.69 Å². The summed E-state index contributed by atoms with van der Waals surface area (Å²) in [5.74, 6) is 0.936. The second-order valence-corrected chi connectivity index (χ2v) is 18.8. The van der Waals surface area contributed by atoms with Crippen LogP contribution in [0.3, 0.4) is 0 Å². The van der Waals surface area contributed by atoms with E-state index in [2.05, 4.69) is 189 Å². The third-order valence-corrected chi connectivity index (χ3v) is 15.4. The molecule has 1 nitrogen and oxygen atoms in total. The fraction of sp³-hybridized carbons (Fsp3) is 0.179. The fourth-order valence-electron chi connectivity index (χ4n) is 11.4. The molecule has 0 saturated heterocycles. The first-order chi connectivity index (χ1) is 28.4. The van der Waals surface area contributed by atoms with Gasteiger partial charge >= 0.3 is 0 Å². The molecule has 2 fully saturated rings. The number of hydrogen-bond acceptors (Lipinski definition) is 2. The Labute approximate surface area is 345 Å². The molecule has 0 radical (unpaired) electrons. The van der Waals surface area contributed by atoms with Crippen LogP contribution in [0.25, 0.3) is 64.3 Å². The molecule has 0 spiro atoms. The topological polar surface area (TPSA) is 3.24 Å². The number of rotatable bonds is 6. The number of anilines is 3. The van der Waals surface area contributed by atoms with Crippen LogP contribution in [-0.2, 0) is 10.8 Å². The molecular formula is C56H45NS. The number of fused-ring (bicyclic) bond motifs is 9. The molecule has 8 aromatic carbocycles. The van der Waals surface area contributed by atoms with Gasteiger partial charge in [0.1, 0.15) is 0 Å². The lowest BCUT2D eigenvalue weighted by atomic mass is 9.77. The molecule has 0 N–H and O–H groups in total. The van der Waals surface area contributed by atoms with Gasteiger partial charge in [-0.2, -0.15) is 0 Å². The van der Waals surface area contributed by atoms with Crippen molar-refractivity contribution in [3.05, 3.63) is 187 Å². The van der Waals surface area contributed by atoms with Crippen molar-refractivity contribution in [1.82, 2.24) is 0 Å². The van der Waals surface area contributed by atoms with Crippen molar-refractivity contribution in [2.24, 2.45) is 5.92 Å². The van der Waals surface area contributed by atoms with Crippen molar-refractivity contribution in [2.75, 3.05) is 4.90 Å². The third kappa shape index (κ3) is 5.07. The molecule has 12 rings (SSSR count). The van der Waals surface area contributed by atoms with E-state index in [0.29, 0.717) is 5.41 Å². The van der Waals surface area contributed by atoms with Gasteiger partial charge in [0.25, 0.3) is 0 Å². The predicted molar refractivity (Wildman–Crippen MR) is 248 cm³/mol. The van der Waals surface area contributed by atoms with Crippen LogP contribution < -0.4 is 4.90 Å². The highest BCUT2D eigenvalue weighted by Crippen LogP contribution is 2.57. The molecule has 0 aliphatic heterocycles. The lowest BCUT2D eigenvalue weighted by Gasteiger charge is -2.29. The molecule has 0 unspecified atom stereocenters. The summed E-state index contributed by atoms with van der Waals surface area (Å²) in [4.78, 5) is 2.54. The molecule has 2 saturated carbocycles. The Kier molecular flexibility index (Phi) is 7.51. The first kappa shape index (κ1) is 34.1. The summed E-state index contributed by atoms with van der Waals surface area (Å²) < 4.78 is 2.73. The summed E-state index contributed by atoms with van der Waals surface area (Å²) in [6.07, 6.45) is 6.91. The second kappa shape index (κ2) is 12.8. The lowest BCUT2D eigenvalue weighted by molar-refractivity contribution is 0.419. The summed E-state index contributed by atoms with van der Waals surface area (Å²) in [6, 6.07) is 64.2. The lowest BCUT2D eigenvalue weighted by Crippen LogP contribution is -2.19. The molecule has 2 bridgehead atoms. The highest BCUT2D eigenvalue weighted by atomic mass is 32.1. The van der Waals surface area contributed by atoms with E-state index in [0.717, 1.165) is 11.6 Å². The van der Waals surface area contributed by atoms with Crippen LogP contribution in [0.4, 0.5) is 17.1 Å². The minimum Gasteiger partial charge on any atom is -0.310 e. The van der Waals surface area contributed by atoms with E-state index in [1.165, 1.54) is 119 Å². The molecule has 3 aliphatic rings. The Morgan fingerprint density at radius 2 is 1.22 bits per heavy atom. The normalized spacial score (nSPS) is 18.9. The summed E-state index contributed by atoms with van der Waals surface area (Å²) in [5, 5.41) is 5.33. The Bertz CT molecular complexity index is 3080. The third-order valence-electron chi connectivity index (χ3n) is 14.3. The standard InChI is InChI=1S/C56H45NS/c1-55(2)48-21-7-6-18-46(48)54-49(55)22-11-23-50(54)57(42-25-26-45-47-33-40(24-27-51(47)58-52(45)34-42)56-30-28-36(35-56)29-31-56)41-17-8-16-39(32-41)44-20-10-15-38-14-9-19-43(53(38)44)37-12-4-3-5-13-37/h3-27,32-34,36H,28-31,35H2,1-2H3. The van der Waals surface area contributed by atoms with Crippen molar-refractivity contribution in [1.29, 1.82) is 0 Å². The van der Waals surface area contributed by atoms with Crippen molar-refractivity contribution in [3.63, 3.8) is 0 Å². The van der Waals surface area contributed by atoms with Gasteiger partial charge in [-0.05, 0) is 141 Å². The van der Waals surface area contributed by atoms with E-state index in [4.69, 9.17) is 0 Å². The number of nitrogens with zero attached hydrogens (tertiary/aromatic N) is 1. The highest BCUT2D eigenvalue weighted by molar-refractivity contribution is 7.25. The van der Waals surface area contributed by atoms with E-state index < -0.39 is 0 Å². The summed E-state index contributed by atoms with van der Waals surface area (Å²) in [5.41, 5.74) is 15.8. The smallest absolute Gasteiger partial charge is 0.0543 e. The first-order valence-corrected chi connectivity index (χ1v) is 21.9. The average Bonchev–Trinajstić information content (AvgIpc) is 4.04. The van der Waals surface area contributed by atoms with Gasteiger partial charge in [0.15, 0.2) is 0 Å². The average molecular weight is 764 g/mol. The number of benzene rings is 8. The second-order valence-electron chi connectivity index (χ2n) is 17.8. The molecular weight excluding hydrogens is 719 g/mol. The van der Waals surface area contributed by atoms with E-state index in [1.54, 1.807) is 5.56 Å². The molecule has 3 aliphatic carbocycles. The van der Waals surface area contributed by atoms with Gasteiger partial charge in [-0.3, -0.25) is 0 Å². The quantitative estimate of drug-likeness (QED) is 0.163. The molecule has 0 amide bonds. The zero-order valence-corrected chi connectivity index (χ0v) is 34.0. The van der Waals surface area contributed by atoms with E-state index >= 15 is 0 Å². The Morgan fingerprint density at radius 1 is 0.534 bits per heavy atom. The summed E-state index contributed by atoms with van der Waals surface area (Å²) in [7, 11) is 0. The number of hydrogen-bond donors (Lipinski definition) is 0. The maximum Gasteiger partial charge on any atom is 0.0543 e. The molecule has 1 heterocycles. The molecule has 58 heavy (non-hydrogen) atoms. The van der Waals surface area contributed by atoms with Crippen molar-refractivity contribution >= 4 is 59.3 Å². The summed E-state index contributed by atoms with van der Waals surface area (Å²) in [6.45, 7) is 4.76. The van der Waals surface area contributed by atoms with Crippen LogP contribution in [0.15, 0.2) is 170 Å². The van der Waals surface area contributed by atoms with Crippen LogP contribution in [-0.4, -0.2) is 0 Å². The predicted octanol–water partition coefficient (Wildman–Crippen LogP) is 16.1. The SMILES string of the molecule is CC1(C)c2ccccc2-c2c(N(c3cccc(-c4cccc5cccc(-c6ccccc6)c45)c3)c3ccc4c(c3)sc3ccc(C56CCC(CC5)C6)cc34)cccc21. The maximum atomic E-state index is 2.57. The van der Waals surface area contributed by atoms with Crippen molar-refractivity contribution in [2.45, 2.75) is 56.8 Å². The first-order valence-electron chi connectivity index (χ1n) is 21.1. The van der Waals surface area contributed by atoms with Gasteiger partial charge in [-0.25, -0.2) is 0 Å². The molecule has 9 aromatic rings. The van der Waals surface area contributed by atoms with Gasteiger partial charge in [0.2, 0.25) is 0 Å². The van der Waals surface area contributed by atoms with Crippen LogP contribution in [0.1, 0.15) is 62.6 Å². The van der Waals surface area contributed by atoms with Gasteiger partial charge in [0, 0.05) is 42.5 Å². The zero-order chi connectivity index (χ0) is 38.6. The Morgan fingerprint density at radius 3 is 2.03 bits per heavy atom. The Balaban J connectivity index is 1.06. The minimum absolute atomic E-state index is 0.0997. The largest absolute Gasteiger partial charge is 0.310 e. The van der Waals surface area contributed by atoms with Crippen molar-refractivity contribution in [3.8, 4) is 33.4 Å². The molecule has 0 atom stereocenters. The maximum absolute atomic E-state index is 2.57. The van der Waals surface area contributed by atoms with Crippen LogP contribution in [0, 0.1) is 5.92 Å². The molecule has 1 aromatic heterocycles. The van der Waals surface area contributed by atoms with Gasteiger partial charge in [-0.1, -0.05) is 141 Å². The van der Waals surface area contributed by atoms with Gasteiger partial charge in [-0.15, -0.1) is 11.3 Å². The van der Waals surface area contributed by atoms with Crippen LogP contribution in [0.5, 0.6) is 0 Å². The molecule has 2 heteroatoms. The number of thiophene rings is 1. The zero-order valence-electron chi connectivity index (χ0n) is 33.1. The minimum atomic E-state index is -0.0997. The summed E-state index contributed by atoms with van der Waals surface area (Å²) >= 11 is 1.94. The monoisotopic (exact) mass is 763 g/mol. The highest BCUT2D eigenvalue weighted by Gasteiger charge is 2.46. The fourth-order valence-corrected chi connectivity index (χ4v) is 12.6. The Hall–Kier alpha value is -5.96. The van der Waals surface area contributed by atoms with E-state index in [9.17, 15) is 0 Å². The van der Waals surface area contributed by atoms with E-state index in [-0.39, 0.29) is 5.41 Å². The van der Waals surface area contributed by atoms with Crippen molar-refractivity contribution < 1.29 is 0 Å². The van der Waals surface area contributed by atoms with E-state index in [1.807, 2.05) is 11.3 Å². The van der Waals surface area contributed by atoms with Crippen LogP contribution in [0.2, 0.25) is 0 Å².